The fraction of sp³-hybridized carbons (Fsp3) is 0.111. The summed E-state index contributed by atoms with van der Waals surface area (Å²) in [6.45, 7) is 0. The van der Waals surface area contributed by atoms with Crippen molar-refractivity contribution in [1.82, 2.24) is 0 Å². The van der Waals surface area contributed by atoms with Crippen molar-refractivity contribution in [3.05, 3.63) is 71.7 Å². The van der Waals surface area contributed by atoms with Gasteiger partial charge >= 0.3 is 0 Å². The second-order valence-electron chi connectivity index (χ2n) is 5.12. The number of carbonyl (C=O) groups is 1. The highest BCUT2D eigenvalue weighted by molar-refractivity contribution is 6.00. The first-order valence-corrected chi connectivity index (χ1v) is 6.96. The quantitative estimate of drug-likeness (QED) is 0.747. The van der Waals surface area contributed by atoms with E-state index in [-0.39, 0.29) is 11.3 Å². The molecule has 0 spiro atoms. The third-order valence-corrected chi connectivity index (χ3v) is 3.60. The van der Waals surface area contributed by atoms with Crippen molar-refractivity contribution in [3.63, 3.8) is 0 Å². The summed E-state index contributed by atoms with van der Waals surface area (Å²) in [6, 6.07) is 15.6. The molecule has 1 heterocycles. The molecule has 23 heavy (non-hydrogen) atoms. The standard InChI is InChI=1S/C18H12FNO3/c19-13-6-3-5-12(8-13)17(21)14(10-20)18(22)16-9-11-4-1-2-7-15(11)23-16/h1-9,14,17,21H. The molecule has 0 aliphatic rings. The maximum Gasteiger partial charge on any atom is 0.218 e. The smallest absolute Gasteiger partial charge is 0.218 e. The molecule has 0 saturated carbocycles. The summed E-state index contributed by atoms with van der Waals surface area (Å²) in [6.07, 6.45) is -1.43. The Morgan fingerprint density at radius 1 is 1.17 bits per heavy atom. The van der Waals surface area contributed by atoms with Gasteiger partial charge in [0.25, 0.3) is 0 Å². The van der Waals surface area contributed by atoms with Gasteiger partial charge in [0.2, 0.25) is 5.78 Å². The normalized spacial score (nSPS) is 13.4. The van der Waals surface area contributed by atoms with Crippen molar-refractivity contribution < 1.29 is 18.7 Å². The van der Waals surface area contributed by atoms with Gasteiger partial charge in [0, 0.05) is 5.39 Å². The van der Waals surface area contributed by atoms with Crippen LogP contribution >= 0.6 is 0 Å². The third-order valence-electron chi connectivity index (χ3n) is 3.60. The number of halogens is 1. The van der Waals surface area contributed by atoms with E-state index >= 15 is 0 Å². The van der Waals surface area contributed by atoms with Gasteiger partial charge < -0.3 is 9.52 Å². The number of aliphatic hydroxyl groups excluding tert-OH is 1. The molecule has 0 amide bonds. The predicted octanol–water partition coefficient (Wildman–Crippen LogP) is 3.63. The van der Waals surface area contributed by atoms with E-state index < -0.39 is 23.6 Å². The minimum Gasteiger partial charge on any atom is -0.453 e. The number of benzene rings is 2. The van der Waals surface area contributed by atoms with Crippen LogP contribution in [0.5, 0.6) is 0 Å². The number of furan rings is 1. The molecule has 0 aliphatic carbocycles. The van der Waals surface area contributed by atoms with Crippen molar-refractivity contribution in [1.29, 1.82) is 5.26 Å². The lowest BCUT2D eigenvalue weighted by Gasteiger charge is -2.15. The molecule has 2 unspecified atom stereocenters. The summed E-state index contributed by atoms with van der Waals surface area (Å²) in [7, 11) is 0. The number of rotatable bonds is 4. The number of para-hydroxylation sites is 1. The Bertz CT molecular complexity index is 877. The Balaban J connectivity index is 1.93. The minimum atomic E-state index is -1.43. The van der Waals surface area contributed by atoms with Crippen molar-refractivity contribution in [2.45, 2.75) is 6.10 Å². The highest BCUT2D eigenvalue weighted by Gasteiger charge is 2.31. The van der Waals surface area contributed by atoms with Crippen molar-refractivity contribution in [3.8, 4) is 6.07 Å². The van der Waals surface area contributed by atoms with Crippen LogP contribution in [-0.4, -0.2) is 10.9 Å². The highest BCUT2D eigenvalue weighted by Crippen LogP contribution is 2.28. The second kappa shape index (κ2) is 6.03. The summed E-state index contributed by atoms with van der Waals surface area (Å²) in [5.41, 5.74) is 0.689. The summed E-state index contributed by atoms with van der Waals surface area (Å²) in [5.74, 6) is -2.57. The Morgan fingerprint density at radius 3 is 2.65 bits per heavy atom. The zero-order chi connectivity index (χ0) is 16.4. The largest absolute Gasteiger partial charge is 0.453 e. The molecule has 3 rings (SSSR count). The van der Waals surface area contributed by atoms with Gasteiger partial charge in [0.05, 0.1) is 6.07 Å². The molecule has 5 heteroatoms. The fourth-order valence-corrected chi connectivity index (χ4v) is 2.41. The van der Waals surface area contributed by atoms with Crippen LogP contribution in [0, 0.1) is 23.1 Å². The van der Waals surface area contributed by atoms with Gasteiger partial charge in [-0.15, -0.1) is 0 Å². The number of Topliss-reactive ketones (excluding diaryl/α,β-unsaturated/α-hetero) is 1. The second-order valence-corrected chi connectivity index (χ2v) is 5.12. The number of ketones is 1. The van der Waals surface area contributed by atoms with E-state index in [1.54, 1.807) is 30.3 Å². The van der Waals surface area contributed by atoms with Crippen LogP contribution in [-0.2, 0) is 0 Å². The first-order chi connectivity index (χ1) is 11.1. The lowest BCUT2D eigenvalue weighted by atomic mass is 9.92. The predicted molar refractivity (Wildman–Crippen MR) is 81.0 cm³/mol. The summed E-state index contributed by atoms with van der Waals surface area (Å²) >= 11 is 0. The number of nitriles is 1. The van der Waals surface area contributed by atoms with Gasteiger partial charge in [-0.25, -0.2) is 4.39 Å². The van der Waals surface area contributed by atoms with Gasteiger partial charge in [-0.05, 0) is 29.8 Å². The minimum absolute atomic E-state index is 0.00629. The van der Waals surface area contributed by atoms with E-state index in [0.717, 1.165) is 11.5 Å². The number of hydrogen-bond donors (Lipinski definition) is 1. The van der Waals surface area contributed by atoms with Crippen LogP contribution in [0.3, 0.4) is 0 Å². The van der Waals surface area contributed by atoms with Crippen LogP contribution in [0.25, 0.3) is 11.0 Å². The number of hydrogen-bond acceptors (Lipinski definition) is 4. The van der Waals surface area contributed by atoms with Crippen LogP contribution in [0.4, 0.5) is 4.39 Å². The van der Waals surface area contributed by atoms with Crippen LogP contribution < -0.4 is 0 Å². The Hall–Kier alpha value is -2.97. The van der Waals surface area contributed by atoms with E-state index in [4.69, 9.17) is 4.42 Å². The van der Waals surface area contributed by atoms with Crippen LogP contribution in [0.15, 0.2) is 59.0 Å². The fourth-order valence-electron chi connectivity index (χ4n) is 2.41. The van der Waals surface area contributed by atoms with Crippen LogP contribution in [0.2, 0.25) is 0 Å². The van der Waals surface area contributed by atoms with Gasteiger partial charge in [0.15, 0.2) is 5.76 Å². The van der Waals surface area contributed by atoms with Gasteiger partial charge in [-0.1, -0.05) is 30.3 Å². The van der Waals surface area contributed by atoms with Crippen LogP contribution in [0.1, 0.15) is 22.2 Å². The number of fused-ring (bicyclic) bond motifs is 1. The number of carbonyl (C=O) groups excluding carboxylic acids is 1. The maximum absolute atomic E-state index is 13.3. The molecule has 114 valence electrons. The van der Waals surface area contributed by atoms with Gasteiger partial charge in [0.1, 0.15) is 23.4 Å². The molecule has 4 nitrogen and oxygen atoms in total. The molecule has 1 N–H and O–H groups in total. The molecule has 1 aromatic heterocycles. The number of nitrogens with zero attached hydrogens (tertiary/aromatic N) is 1. The highest BCUT2D eigenvalue weighted by atomic mass is 19.1. The average molecular weight is 309 g/mol. The van der Waals surface area contributed by atoms with Crippen molar-refractivity contribution in [2.24, 2.45) is 5.92 Å². The van der Waals surface area contributed by atoms with E-state index in [1.807, 2.05) is 0 Å². The summed E-state index contributed by atoms with van der Waals surface area (Å²) in [4.78, 5) is 12.5. The molecule has 0 fully saturated rings. The zero-order valence-electron chi connectivity index (χ0n) is 11.9. The van der Waals surface area contributed by atoms with E-state index in [9.17, 15) is 19.6 Å². The Labute approximate surface area is 131 Å². The Kier molecular flexibility index (Phi) is 3.92. The zero-order valence-corrected chi connectivity index (χ0v) is 11.9. The van der Waals surface area contributed by atoms with Gasteiger partial charge in [-0.2, -0.15) is 5.26 Å². The van der Waals surface area contributed by atoms with Crippen molar-refractivity contribution >= 4 is 16.8 Å². The molecule has 0 radical (unpaired) electrons. The third kappa shape index (κ3) is 2.85. The Morgan fingerprint density at radius 2 is 1.96 bits per heavy atom. The molecule has 2 aromatic carbocycles. The molecule has 0 bridgehead atoms. The molecule has 2 atom stereocenters. The lowest BCUT2D eigenvalue weighted by molar-refractivity contribution is 0.0750. The number of aliphatic hydroxyl groups is 1. The SMILES string of the molecule is N#CC(C(=O)c1cc2ccccc2o1)C(O)c1cccc(F)c1. The lowest BCUT2D eigenvalue weighted by Crippen LogP contribution is -2.20. The summed E-state index contributed by atoms with van der Waals surface area (Å²) in [5, 5.41) is 20.3. The van der Waals surface area contributed by atoms with E-state index in [1.165, 1.54) is 24.3 Å². The molecular formula is C18H12FNO3. The molecule has 0 saturated heterocycles. The molecule has 0 aliphatic heterocycles. The van der Waals surface area contributed by atoms with Crippen molar-refractivity contribution in [2.75, 3.05) is 0 Å². The van der Waals surface area contributed by atoms with E-state index in [0.29, 0.717) is 5.58 Å². The topological polar surface area (TPSA) is 74.2 Å². The van der Waals surface area contributed by atoms with E-state index in [2.05, 4.69) is 0 Å². The monoisotopic (exact) mass is 309 g/mol. The average Bonchev–Trinajstić information content (AvgIpc) is 2.99. The molecule has 3 aromatic rings. The first kappa shape index (κ1) is 14.9. The molecular weight excluding hydrogens is 297 g/mol. The maximum atomic E-state index is 13.3. The summed E-state index contributed by atoms with van der Waals surface area (Å²) < 4.78 is 18.7. The van der Waals surface area contributed by atoms with Gasteiger partial charge in [-0.3, -0.25) is 4.79 Å². The first-order valence-electron chi connectivity index (χ1n) is 6.96.